The van der Waals surface area contributed by atoms with E-state index in [1.54, 1.807) is 18.2 Å². The van der Waals surface area contributed by atoms with E-state index < -0.39 is 11.5 Å². The summed E-state index contributed by atoms with van der Waals surface area (Å²) >= 11 is 0. The summed E-state index contributed by atoms with van der Waals surface area (Å²) in [6, 6.07) is 0. The van der Waals surface area contributed by atoms with E-state index in [1.165, 1.54) is 6.20 Å². The standard InChI is InChI=1S/C12H13N3O2/c1-3-5-8(6-4-2)9-7-14-10(11(13)16)12(17)15-9/h3-7H,1H2,2H3,(H2,13,16)(H,15,17)/b6-4-,8-5+. The number of hydrogen-bond donors (Lipinski definition) is 2. The third-order valence-electron chi connectivity index (χ3n) is 1.97. The molecule has 0 aliphatic heterocycles. The van der Waals surface area contributed by atoms with E-state index in [0.29, 0.717) is 5.69 Å². The molecule has 0 saturated heterocycles. The Morgan fingerprint density at radius 3 is 2.76 bits per heavy atom. The summed E-state index contributed by atoms with van der Waals surface area (Å²) in [5.74, 6) is -0.849. The normalized spacial score (nSPS) is 11.7. The van der Waals surface area contributed by atoms with E-state index in [2.05, 4.69) is 16.5 Å². The number of allylic oxidation sites excluding steroid dienone is 5. The number of hydrogen-bond acceptors (Lipinski definition) is 3. The molecule has 0 spiro atoms. The van der Waals surface area contributed by atoms with Gasteiger partial charge in [0.05, 0.1) is 11.9 Å². The Kier molecular flexibility index (Phi) is 4.16. The van der Waals surface area contributed by atoms with Gasteiger partial charge in [0.25, 0.3) is 11.5 Å². The topological polar surface area (TPSA) is 88.8 Å². The number of amides is 1. The average molecular weight is 231 g/mol. The molecule has 1 amide bonds. The predicted molar refractivity (Wildman–Crippen MR) is 66.4 cm³/mol. The highest BCUT2D eigenvalue weighted by Gasteiger charge is 2.09. The molecule has 0 aliphatic carbocycles. The second kappa shape index (κ2) is 5.60. The number of carbonyl (C=O) groups is 1. The van der Waals surface area contributed by atoms with Gasteiger partial charge in [-0.15, -0.1) is 0 Å². The lowest BCUT2D eigenvalue weighted by Gasteiger charge is -2.02. The highest BCUT2D eigenvalue weighted by Crippen LogP contribution is 2.11. The molecular weight excluding hydrogens is 218 g/mol. The molecule has 0 bridgehead atoms. The summed E-state index contributed by atoms with van der Waals surface area (Å²) in [6.45, 7) is 5.43. The summed E-state index contributed by atoms with van der Waals surface area (Å²) in [7, 11) is 0. The van der Waals surface area contributed by atoms with Crippen LogP contribution < -0.4 is 11.3 Å². The minimum absolute atomic E-state index is 0.299. The van der Waals surface area contributed by atoms with E-state index in [-0.39, 0.29) is 5.69 Å². The fraction of sp³-hybridized carbons (Fsp3) is 0.0833. The van der Waals surface area contributed by atoms with Crippen molar-refractivity contribution in [3.05, 3.63) is 58.8 Å². The maximum Gasteiger partial charge on any atom is 0.280 e. The zero-order valence-electron chi connectivity index (χ0n) is 9.43. The minimum atomic E-state index is -0.849. The van der Waals surface area contributed by atoms with Crippen LogP contribution in [0.25, 0.3) is 5.57 Å². The molecule has 0 unspecified atom stereocenters. The Bertz CT molecular complexity index is 553. The van der Waals surface area contributed by atoms with Gasteiger partial charge in [0, 0.05) is 0 Å². The Morgan fingerprint density at radius 2 is 2.29 bits per heavy atom. The molecule has 1 rings (SSSR count). The van der Waals surface area contributed by atoms with Crippen molar-refractivity contribution in [1.29, 1.82) is 0 Å². The van der Waals surface area contributed by atoms with Crippen LogP contribution in [0.15, 0.2) is 41.9 Å². The second-order valence-corrected chi connectivity index (χ2v) is 3.20. The molecule has 1 heterocycles. The van der Waals surface area contributed by atoms with Crippen LogP contribution in [0.3, 0.4) is 0 Å². The van der Waals surface area contributed by atoms with E-state index in [1.807, 2.05) is 13.0 Å². The molecule has 0 aliphatic rings. The molecule has 5 heteroatoms. The first-order chi connectivity index (χ1) is 8.10. The van der Waals surface area contributed by atoms with E-state index in [9.17, 15) is 9.59 Å². The summed E-state index contributed by atoms with van der Waals surface area (Å²) in [4.78, 5) is 28.6. The van der Waals surface area contributed by atoms with Gasteiger partial charge in [0.2, 0.25) is 0 Å². The minimum Gasteiger partial charge on any atom is -0.364 e. The summed E-state index contributed by atoms with van der Waals surface area (Å²) in [5, 5.41) is 0. The maximum atomic E-state index is 11.5. The molecule has 0 aromatic carbocycles. The first kappa shape index (κ1) is 12.6. The van der Waals surface area contributed by atoms with Crippen LogP contribution in [0.5, 0.6) is 0 Å². The maximum absolute atomic E-state index is 11.5. The molecule has 5 nitrogen and oxygen atoms in total. The van der Waals surface area contributed by atoms with Gasteiger partial charge in [-0.25, -0.2) is 4.98 Å². The monoisotopic (exact) mass is 231 g/mol. The number of nitrogens with one attached hydrogen (secondary N) is 1. The molecule has 17 heavy (non-hydrogen) atoms. The fourth-order valence-electron chi connectivity index (χ4n) is 1.27. The van der Waals surface area contributed by atoms with Gasteiger partial charge in [0.1, 0.15) is 0 Å². The van der Waals surface area contributed by atoms with Crippen molar-refractivity contribution < 1.29 is 4.79 Å². The van der Waals surface area contributed by atoms with Crippen molar-refractivity contribution in [2.45, 2.75) is 6.92 Å². The summed E-state index contributed by atoms with van der Waals surface area (Å²) in [6.07, 6.45) is 8.30. The second-order valence-electron chi connectivity index (χ2n) is 3.20. The third-order valence-corrected chi connectivity index (χ3v) is 1.97. The van der Waals surface area contributed by atoms with Crippen LogP contribution in [0.2, 0.25) is 0 Å². The van der Waals surface area contributed by atoms with Crippen LogP contribution in [0, 0.1) is 0 Å². The van der Waals surface area contributed by atoms with Gasteiger partial charge >= 0.3 is 0 Å². The number of nitrogens with two attached hydrogens (primary N) is 1. The Morgan fingerprint density at radius 1 is 1.59 bits per heavy atom. The largest absolute Gasteiger partial charge is 0.364 e. The number of aromatic amines is 1. The molecule has 0 radical (unpaired) electrons. The molecule has 88 valence electrons. The number of H-pyrrole nitrogens is 1. The number of nitrogens with zero attached hydrogens (tertiary/aromatic N) is 1. The highest BCUT2D eigenvalue weighted by atomic mass is 16.2. The first-order valence-electron chi connectivity index (χ1n) is 4.95. The van der Waals surface area contributed by atoms with Crippen molar-refractivity contribution in [2.75, 3.05) is 0 Å². The van der Waals surface area contributed by atoms with E-state index >= 15 is 0 Å². The van der Waals surface area contributed by atoms with E-state index in [4.69, 9.17) is 5.73 Å². The van der Waals surface area contributed by atoms with Crippen LogP contribution in [0.4, 0.5) is 0 Å². The smallest absolute Gasteiger partial charge is 0.280 e. The number of carbonyl (C=O) groups excluding carboxylic acids is 1. The third kappa shape index (κ3) is 3.01. The van der Waals surface area contributed by atoms with Gasteiger partial charge in [-0.2, -0.15) is 0 Å². The van der Waals surface area contributed by atoms with Gasteiger partial charge in [-0.05, 0) is 12.5 Å². The molecule has 0 saturated carbocycles. The lowest BCUT2D eigenvalue weighted by molar-refractivity contribution is 0.0994. The summed E-state index contributed by atoms with van der Waals surface area (Å²) < 4.78 is 0. The van der Waals surface area contributed by atoms with Gasteiger partial charge in [0.15, 0.2) is 5.69 Å². The zero-order chi connectivity index (χ0) is 12.8. The number of aromatic nitrogens is 2. The summed E-state index contributed by atoms with van der Waals surface area (Å²) in [5.41, 5.74) is 5.33. The molecule has 0 fully saturated rings. The molecule has 1 aromatic rings. The zero-order valence-corrected chi connectivity index (χ0v) is 9.43. The van der Waals surface area contributed by atoms with E-state index in [0.717, 1.165) is 5.57 Å². The Balaban J connectivity index is 3.29. The highest BCUT2D eigenvalue weighted by molar-refractivity contribution is 5.90. The van der Waals surface area contributed by atoms with Gasteiger partial charge < -0.3 is 10.7 Å². The lowest BCUT2D eigenvalue weighted by atomic mass is 10.1. The molecule has 0 atom stereocenters. The molecule has 1 aromatic heterocycles. The van der Waals surface area contributed by atoms with Crippen molar-refractivity contribution >= 4 is 11.5 Å². The Hall–Kier alpha value is -2.43. The average Bonchev–Trinajstić information content (AvgIpc) is 2.28. The number of primary amides is 1. The molecule has 3 N–H and O–H groups in total. The van der Waals surface area contributed by atoms with Crippen LogP contribution >= 0.6 is 0 Å². The van der Waals surface area contributed by atoms with Crippen LogP contribution in [-0.4, -0.2) is 15.9 Å². The molecular formula is C12H13N3O2. The predicted octanol–water partition coefficient (Wildman–Crippen LogP) is 1.01. The Labute approximate surface area is 98.4 Å². The van der Waals surface area contributed by atoms with Gasteiger partial charge in [-0.3, -0.25) is 9.59 Å². The SMILES string of the molecule is C=C/C=C(\C=C/C)c1cnc(C(N)=O)c(=O)[nH]1. The lowest BCUT2D eigenvalue weighted by Crippen LogP contribution is -2.26. The van der Waals surface area contributed by atoms with Crippen molar-refractivity contribution in [1.82, 2.24) is 9.97 Å². The fourth-order valence-corrected chi connectivity index (χ4v) is 1.27. The van der Waals surface area contributed by atoms with Crippen molar-refractivity contribution in [3.8, 4) is 0 Å². The van der Waals surface area contributed by atoms with Crippen molar-refractivity contribution in [2.24, 2.45) is 5.73 Å². The van der Waals surface area contributed by atoms with Crippen molar-refractivity contribution in [3.63, 3.8) is 0 Å². The first-order valence-corrected chi connectivity index (χ1v) is 4.95. The van der Waals surface area contributed by atoms with Gasteiger partial charge in [-0.1, -0.05) is 30.9 Å². The van der Waals surface area contributed by atoms with Crippen LogP contribution in [0.1, 0.15) is 23.1 Å². The van der Waals surface area contributed by atoms with Crippen LogP contribution in [-0.2, 0) is 0 Å². The number of rotatable bonds is 4. The quantitative estimate of drug-likeness (QED) is 0.758.